The first-order valence-corrected chi connectivity index (χ1v) is 6.91. The van der Waals surface area contributed by atoms with Crippen molar-refractivity contribution in [1.29, 1.82) is 0 Å². The predicted molar refractivity (Wildman–Crippen MR) is 83.5 cm³/mol. The van der Waals surface area contributed by atoms with Crippen molar-refractivity contribution in [1.82, 2.24) is 14.8 Å². The minimum absolute atomic E-state index is 0.0798. The molecule has 21 heavy (non-hydrogen) atoms. The molecule has 3 rings (SSSR count). The van der Waals surface area contributed by atoms with Crippen LogP contribution in [0, 0.1) is 0 Å². The van der Waals surface area contributed by atoms with Crippen LogP contribution >= 0.6 is 0 Å². The molecule has 0 atom stereocenters. The summed E-state index contributed by atoms with van der Waals surface area (Å²) in [5.41, 5.74) is 0.866. The van der Waals surface area contributed by atoms with Crippen LogP contribution in [0.3, 0.4) is 0 Å². The molecular weight excluding hydrogens is 264 g/mol. The molecule has 2 heterocycles. The molecule has 0 bridgehead atoms. The average Bonchev–Trinajstić information content (AvgIpc) is 2.52. The maximum Gasteiger partial charge on any atom is 0.274 e. The normalized spacial score (nSPS) is 10.7. The fourth-order valence-electron chi connectivity index (χ4n) is 2.22. The van der Waals surface area contributed by atoms with E-state index in [-0.39, 0.29) is 5.56 Å². The van der Waals surface area contributed by atoms with Crippen molar-refractivity contribution in [2.75, 3.05) is 11.9 Å². The molecule has 0 amide bonds. The number of hydrogen-bond donors (Lipinski definition) is 1. The fourth-order valence-corrected chi connectivity index (χ4v) is 2.22. The van der Waals surface area contributed by atoms with Crippen LogP contribution in [0.5, 0.6) is 0 Å². The minimum Gasteiger partial charge on any atom is -0.370 e. The average molecular weight is 280 g/mol. The van der Waals surface area contributed by atoms with E-state index in [0.717, 1.165) is 23.3 Å². The molecule has 2 aromatic heterocycles. The van der Waals surface area contributed by atoms with Crippen molar-refractivity contribution >= 4 is 16.6 Å². The van der Waals surface area contributed by atoms with Gasteiger partial charge >= 0.3 is 0 Å². The lowest BCUT2D eigenvalue weighted by Gasteiger charge is -2.07. The number of nitrogens with zero attached hydrogens (tertiary/aromatic N) is 3. The SMILES string of the molecule is CCNc1ccc(Cn2ncc3ccccc3c2=O)cn1. The number of nitrogens with one attached hydrogen (secondary N) is 1. The second-order valence-corrected chi connectivity index (χ2v) is 4.78. The highest BCUT2D eigenvalue weighted by atomic mass is 16.1. The largest absolute Gasteiger partial charge is 0.370 e. The summed E-state index contributed by atoms with van der Waals surface area (Å²) in [5.74, 6) is 0.833. The molecule has 5 heteroatoms. The van der Waals surface area contributed by atoms with E-state index in [2.05, 4.69) is 15.4 Å². The number of aromatic nitrogens is 3. The van der Waals surface area contributed by atoms with Gasteiger partial charge in [-0.05, 0) is 24.6 Å². The van der Waals surface area contributed by atoms with Crippen LogP contribution in [0.1, 0.15) is 12.5 Å². The second-order valence-electron chi connectivity index (χ2n) is 4.78. The zero-order valence-corrected chi connectivity index (χ0v) is 11.8. The lowest BCUT2D eigenvalue weighted by molar-refractivity contribution is 0.646. The topological polar surface area (TPSA) is 59.8 Å². The number of fused-ring (bicyclic) bond motifs is 1. The van der Waals surface area contributed by atoms with Gasteiger partial charge in [-0.1, -0.05) is 24.3 Å². The van der Waals surface area contributed by atoms with E-state index < -0.39 is 0 Å². The summed E-state index contributed by atoms with van der Waals surface area (Å²) in [6.45, 7) is 3.27. The maximum absolute atomic E-state index is 12.4. The second kappa shape index (κ2) is 5.75. The Morgan fingerprint density at radius 2 is 2.00 bits per heavy atom. The third-order valence-corrected chi connectivity index (χ3v) is 3.28. The summed E-state index contributed by atoms with van der Waals surface area (Å²) in [7, 11) is 0. The van der Waals surface area contributed by atoms with Crippen molar-refractivity contribution in [2.24, 2.45) is 0 Å². The molecule has 0 unspecified atom stereocenters. The monoisotopic (exact) mass is 280 g/mol. The molecule has 0 aliphatic heterocycles. The number of benzene rings is 1. The molecule has 0 fully saturated rings. The number of anilines is 1. The Bertz CT molecular complexity index is 808. The molecule has 0 saturated heterocycles. The predicted octanol–water partition coefficient (Wildman–Crippen LogP) is 2.27. The first-order valence-electron chi connectivity index (χ1n) is 6.91. The molecule has 0 spiro atoms. The van der Waals surface area contributed by atoms with Gasteiger partial charge in [0.25, 0.3) is 5.56 Å². The van der Waals surface area contributed by atoms with E-state index in [1.807, 2.05) is 43.3 Å². The van der Waals surface area contributed by atoms with E-state index in [1.54, 1.807) is 12.4 Å². The van der Waals surface area contributed by atoms with Gasteiger partial charge < -0.3 is 5.32 Å². The Labute approximate surface area is 122 Å². The lowest BCUT2D eigenvalue weighted by atomic mass is 10.2. The van der Waals surface area contributed by atoms with Crippen molar-refractivity contribution in [3.8, 4) is 0 Å². The molecule has 0 saturated carbocycles. The molecule has 0 aliphatic rings. The zero-order chi connectivity index (χ0) is 14.7. The Hall–Kier alpha value is -2.69. The van der Waals surface area contributed by atoms with Gasteiger partial charge in [-0.2, -0.15) is 5.10 Å². The van der Waals surface area contributed by atoms with Gasteiger partial charge in [0.05, 0.1) is 18.1 Å². The number of rotatable bonds is 4. The molecule has 5 nitrogen and oxygen atoms in total. The van der Waals surface area contributed by atoms with Crippen molar-refractivity contribution < 1.29 is 0 Å². The Morgan fingerprint density at radius 3 is 2.76 bits per heavy atom. The number of pyridine rings is 1. The van der Waals surface area contributed by atoms with Crippen LogP contribution in [0.25, 0.3) is 10.8 Å². The third kappa shape index (κ3) is 2.76. The highest BCUT2D eigenvalue weighted by Gasteiger charge is 2.04. The highest BCUT2D eigenvalue weighted by Crippen LogP contribution is 2.08. The molecule has 0 aliphatic carbocycles. The Kier molecular flexibility index (Phi) is 3.64. The summed E-state index contributed by atoms with van der Waals surface area (Å²) < 4.78 is 1.46. The zero-order valence-electron chi connectivity index (χ0n) is 11.8. The van der Waals surface area contributed by atoms with Gasteiger partial charge in [0.15, 0.2) is 0 Å². The van der Waals surface area contributed by atoms with Crippen LogP contribution in [0.15, 0.2) is 53.6 Å². The molecule has 0 radical (unpaired) electrons. The van der Waals surface area contributed by atoms with Crippen LogP contribution in [-0.2, 0) is 6.54 Å². The van der Waals surface area contributed by atoms with Gasteiger partial charge in [-0.15, -0.1) is 0 Å². The van der Waals surface area contributed by atoms with Crippen LogP contribution in [0.4, 0.5) is 5.82 Å². The molecule has 1 N–H and O–H groups in total. The van der Waals surface area contributed by atoms with Crippen molar-refractivity contribution in [3.63, 3.8) is 0 Å². The van der Waals surface area contributed by atoms with Gasteiger partial charge in [0, 0.05) is 18.1 Å². The lowest BCUT2D eigenvalue weighted by Crippen LogP contribution is -2.23. The van der Waals surface area contributed by atoms with Gasteiger partial charge in [0.1, 0.15) is 5.82 Å². The minimum atomic E-state index is -0.0798. The van der Waals surface area contributed by atoms with Crippen LogP contribution in [0.2, 0.25) is 0 Å². The molecular formula is C16H16N4O. The molecule has 3 aromatic rings. The molecule has 1 aromatic carbocycles. The van der Waals surface area contributed by atoms with E-state index in [1.165, 1.54) is 4.68 Å². The number of hydrogen-bond acceptors (Lipinski definition) is 4. The van der Waals surface area contributed by atoms with Crippen LogP contribution in [-0.4, -0.2) is 21.3 Å². The standard InChI is InChI=1S/C16H16N4O/c1-2-17-15-8-7-12(9-18-15)11-20-16(21)14-6-4-3-5-13(14)10-19-20/h3-10H,2,11H2,1H3,(H,17,18). The molecule has 106 valence electrons. The van der Waals surface area contributed by atoms with Crippen LogP contribution < -0.4 is 10.9 Å². The first-order chi connectivity index (χ1) is 10.3. The van der Waals surface area contributed by atoms with Gasteiger partial charge in [0.2, 0.25) is 0 Å². The Balaban J connectivity index is 1.91. The maximum atomic E-state index is 12.4. The van der Waals surface area contributed by atoms with Crippen molar-refractivity contribution in [2.45, 2.75) is 13.5 Å². The summed E-state index contributed by atoms with van der Waals surface area (Å²) in [6.07, 6.45) is 3.48. The quantitative estimate of drug-likeness (QED) is 0.796. The summed E-state index contributed by atoms with van der Waals surface area (Å²) in [5, 5.41) is 8.91. The van der Waals surface area contributed by atoms with E-state index in [0.29, 0.717) is 11.9 Å². The Morgan fingerprint density at radius 1 is 1.14 bits per heavy atom. The van der Waals surface area contributed by atoms with Gasteiger partial charge in [-0.3, -0.25) is 4.79 Å². The third-order valence-electron chi connectivity index (χ3n) is 3.28. The van der Waals surface area contributed by atoms with E-state index in [4.69, 9.17) is 0 Å². The van der Waals surface area contributed by atoms with E-state index in [9.17, 15) is 4.79 Å². The van der Waals surface area contributed by atoms with Crippen molar-refractivity contribution in [3.05, 3.63) is 64.7 Å². The summed E-state index contributed by atoms with van der Waals surface area (Å²) in [6, 6.07) is 11.3. The summed E-state index contributed by atoms with van der Waals surface area (Å²) in [4.78, 5) is 16.7. The summed E-state index contributed by atoms with van der Waals surface area (Å²) >= 11 is 0. The van der Waals surface area contributed by atoms with E-state index >= 15 is 0 Å². The fraction of sp³-hybridized carbons (Fsp3) is 0.188. The highest BCUT2D eigenvalue weighted by molar-refractivity contribution is 5.80. The van der Waals surface area contributed by atoms with Gasteiger partial charge in [-0.25, -0.2) is 9.67 Å². The smallest absolute Gasteiger partial charge is 0.274 e. The first kappa shape index (κ1) is 13.3.